The van der Waals surface area contributed by atoms with Crippen LogP contribution in [-0.2, 0) is 4.79 Å². The second-order valence-electron chi connectivity index (χ2n) is 5.15. The number of anilines is 1. The van der Waals surface area contributed by atoms with Gasteiger partial charge in [-0.15, -0.1) is 0 Å². The summed E-state index contributed by atoms with van der Waals surface area (Å²) in [7, 11) is 3.78. The highest BCUT2D eigenvalue weighted by Gasteiger charge is 2.29. The molecular weight excluding hydrogens is 242 g/mol. The Bertz CT molecular complexity index is 499. The Hall–Kier alpha value is -1.59. The first-order valence-corrected chi connectivity index (χ1v) is 6.62. The summed E-state index contributed by atoms with van der Waals surface area (Å²) in [6.07, 6.45) is 0. The molecule has 0 bridgehead atoms. The van der Waals surface area contributed by atoms with Crippen molar-refractivity contribution in [1.29, 1.82) is 0 Å². The van der Waals surface area contributed by atoms with Crippen molar-refractivity contribution in [3.05, 3.63) is 23.8 Å². The third kappa shape index (κ3) is 2.09. The molecule has 1 unspecified atom stereocenters. The Kier molecular flexibility index (Phi) is 3.16. The highest BCUT2D eigenvalue weighted by Crippen LogP contribution is 2.35. The van der Waals surface area contributed by atoms with Crippen LogP contribution in [-0.4, -0.2) is 39.7 Å². The van der Waals surface area contributed by atoms with Crippen molar-refractivity contribution in [2.75, 3.05) is 38.7 Å². The van der Waals surface area contributed by atoms with Crippen molar-refractivity contribution in [1.82, 2.24) is 10.6 Å². The Labute approximate surface area is 112 Å². The highest BCUT2D eigenvalue weighted by atomic mass is 16.5. The number of fused-ring (bicyclic) bond motifs is 1. The monoisotopic (exact) mass is 261 g/mol. The summed E-state index contributed by atoms with van der Waals surface area (Å²) < 4.78 is 5.45. The van der Waals surface area contributed by atoms with Gasteiger partial charge < -0.3 is 20.3 Å². The minimum atomic E-state index is -0.00373. The van der Waals surface area contributed by atoms with Gasteiger partial charge in [-0.2, -0.15) is 0 Å². The number of rotatable bonds is 3. The van der Waals surface area contributed by atoms with Crippen LogP contribution >= 0.6 is 0 Å². The molecule has 0 radical (unpaired) electrons. The Morgan fingerprint density at radius 3 is 2.89 bits per heavy atom. The number of ether oxygens (including phenoxy) is 1. The van der Waals surface area contributed by atoms with E-state index in [9.17, 15) is 4.79 Å². The summed E-state index contributed by atoms with van der Waals surface area (Å²) in [6, 6.07) is 6.43. The van der Waals surface area contributed by atoms with Crippen LogP contribution in [0.2, 0.25) is 0 Å². The van der Waals surface area contributed by atoms with Crippen LogP contribution in [0.15, 0.2) is 18.2 Å². The quantitative estimate of drug-likeness (QED) is 0.833. The van der Waals surface area contributed by atoms with Crippen LogP contribution in [0.5, 0.6) is 5.75 Å². The minimum absolute atomic E-state index is 0.00373. The maximum atomic E-state index is 11.7. The van der Waals surface area contributed by atoms with Crippen LogP contribution in [0.3, 0.4) is 0 Å². The molecule has 2 aliphatic heterocycles. The largest absolute Gasteiger partial charge is 0.482 e. The number of carbonyl (C=O) groups is 1. The van der Waals surface area contributed by atoms with Crippen molar-refractivity contribution < 1.29 is 9.53 Å². The van der Waals surface area contributed by atoms with Gasteiger partial charge in [0.25, 0.3) is 5.91 Å². The molecule has 0 spiro atoms. The summed E-state index contributed by atoms with van der Waals surface area (Å²) in [5, 5.41) is 6.66. The molecule has 0 aromatic heterocycles. The molecule has 3 rings (SSSR count). The molecule has 2 heterocycles. The lowest BCUT2D eigenvalue weighted by Gasteiger charge is -2.35. The predicted octanol–water partition coefficient (Wildman–Crippen LogP) is 0.522. The van der Waals surface area contributed by atoms with E-state index in [-0.39, 0.29) is 12.5 Å². The topological polar surface area (TPSA) is 53.6 Å². The molecule has 0 saturated carbocycles. The second kappa shape index (κ2) is 4.83. The van der Waals surface area contributed by atoms with Gasteiger partial charge in [-0.1, -0.05) is 6.07 Å². The van der Waals surface area contributed by atoms with Crippen LogP contribution in [0, 0.1) is 5.92 Å². The van der Waals surface area contributed by atoms with Gasteiger partial charge >= 0.3 is 0 Å². The average molecular weight is 261 g/mol. The summed E-state index contributed by atoms with van der Waals surface area (Å²) in [5.74, 6) is 1.39. The number of amides is 1. The van der Waals surface area contributed by atoms with Crippen LogP contribution in [0.4, 0.5) is 5.69 Å². The SMILES string of the molecule is CNC(c1ccc2c(c1)N(C)C(=O)CO2)C1CNC1. The van der Waals surface area contributed by atoms with Gasteiger partial charge in [-0.3, -0.25) is 4.79 Å². The molecule has 5 heteroatoms. The number of hydrogen-bond acceptors (Lipinski definition) is 4. The van der Waals surface area contributed by atoms with Crippen molar-refractivity contribution in [2.24, 2.45) is 5.92 Å². The normalized spacial score (nSPS) is 20.5. The molecule has 1 aromatic rings. The van der Waals surface area contributed by atoms with Crippen molar-refractivity contribution in [2.45, 2.75) is 6.04 Å². The minimum Gasteiger partial charge on any atom is -0.482 e. The zero-order valence-corrected chi connectivity index (χ0v) is 11.3. The summed E-state index contributed by atoms with van der Waals surface area (Å²) in [6.45, 7) is 2.20. The smallest absolute Gasteiger partial charge is 0.264 e. The van der Waals surface area contributed by atoms with Gasteiger partial charge in [0, 0.05) is 32.1 Å². The van der Waals surface area contributed by atoms with E-state index in [0.717, 1.165) is 24.5 Å². The van der Waals surface area contributed by atoms with E-state index in [0.29, 0.717) is 12.0 Å². The van der Waals surface area contributed by atoms with Gasteiger partial charge in [-0.05, 0) is 24.7 Å². The molecule has 1 aromatic carbocycles. The number of benzene rings is 1. The van der Waals surface area contributed by atoms with E-state index < -0.39 is 0 Å². The van der Waals surface area contributed by atoms with Gasteiger partial charge in [0.05, 0.1) is 5.69 Å². The van der Waals surface area contributed by atoms with Gasteiger partial charge in [0.15, 0.2) is 6.61 Å². The fourth-order valence-electron chi connectivity index (χ4n) is 2.70. The molecule has 2 aliphatic rings. The summed E-state index contributed by atoms with van der Waals surface area (Å²) in [5.41, 5.74) is 2.07. The third-order valence-corrected chi connectivity index (χ3v) is 4.02. The molecule has 2 N–H and O–H groups in total. The van der Waals surface area contributed by atoms with Crippen molar-refractivity contribution in [3.8, 4) is 5.75 Å². The zero-order valence-electron chi connectivity index (χ0n) is 11.3. The Morgan fingerprint density at radius 2 is 2.26 bits per heavy atom. The highest BCUT2D eigenvalue weighted by molar-refractivity contribution is 5.97. The Balaban J connectivity index is 1.93. The average Bonchev–Trinajstić information content (AvgIpc) is 2.38. The molecule has 1 amide bonds. The standard InChI is InChI=1S/C14H19N3O2/c1-15-14(10-6-16-7-10)9-3-4-12-11(5-9)17(2)13(18)8-19-12/h3-5,10,14-16H,6-8H2,1-2H3. The predicted molar refractivity (Wildman–Crippen MR) is 73.5 cm³/mol. The van der Waals surface area contributed by atoms with Crippen LogP contribution in [0.1, 0.15) is 11.6 Å². The van der Waals surface area contributed by atoms with E-state index >= 15 is 0 Å². The molecule has 1 saturated heterocycles. The lowest BCUT2D eigenvalue weighted by Crippen LogP contribution is -2.48. The van der Waals surface area contributed by atoms with E-state index in [1.807, 2.05) is 13.1 Å². The van der Waals surface area contributed by atoms with Crippen molar-refractivity contribution in [3.63, 3.8) is 0 Å². The van der Waals surface area contributed by atoms with Gasteiger partial charge in [-0.25, -0.2) is 0 Å². The van der Waals surface area contributed by atoms with Gasteiger partial charge in [0.2, 0.25) is 0 Å². The third-order valence-electron chi connectivity index (χ3n) is 4.02. The van der Waals surface area contributed by atoms with E-state index in [1.54, 1.807) is 11.9 Å². The first-order valence-electron chi connectivity index (χ1n) is 6.62. The number of nitrogens with zero attached hydrogens (tertiary/aromatic N) is 1. The zero-order chi connectivity index (χ0) is 13.4. The first-order chi connectivity index (χ1) is 9.20. The second-order valence-corrected chi connectivity index (χ2v) is 5.15. The number of likely N-dealkylation sites (N-methyl/N-ethyl adjacent to an activating group) is 1. The van der Waals surface area contributed by atoms with Crippen LogP contribution < -0.4 is 20.3 Å². The van der Waals surface area contributed by atoms with E-state index in [4.69, 9.17) is 4.74 Å². The molecule has 19 heavy (non-hydrogen) atoms. The van der Waals surface area contributed by atoms with Gasteiger partial charge in [0.1, 0.15) is 5.75 Å². The van der Waals surface area contributed by atoms with Crippen LogP contribution in [0.25, 0.3) is 0 Å². The van der Waals surface area contributed by atoms with Crippen molar-refractivity contribution >= 4 is 11.6 Å². The fraction of sp³-hybridized carbons (Fsp3) is 0.500. The molecular formula is C14H19N3O2. The Morgan fingerprint density at radius 1 is 1.47 bits per heavy atom. The number of carbonyl (C=O) groups excluding carboxylic acids is 1. The lowest BCUT2D eigenvalue weighted by molar-refractivity contribution is -0.120. The molecule has 1 atom stereocenters. The summed E-state index contributed by atoms with van der Waals surface area (Å²) in [4.78, 5) is 13.4. The number of hydrogen-bond donors (Lipinski definition) is 2. The van der Waals surface area contributed by atoms with E-state index in [1.165, 1.54) is 5.56 Å². The first kappa shape index (κ1) is 12.4. The molecule has 5 nitrogen and oxygen atoms in total. The number of nitrogens with one attached hydrogen (secondary N) is 2. The van der Waals surface area contributed by atoms with E-state index in [2.05, 4.69) is 22.8 Å². The maximum absolute atomic E-state index is 11.7. The molecule has 1 fully saturated rings. The summed E-state index contributed by atoms with van der Waals surface area (Å²) >= 11 is 0. The maximum Gasteiger partial charge on any atom is 0.264 e. The molecule has 0 aliphatic carbocycles. The lowest BCUT2D eigenvalue weighted by atomic mass is 9.88. The fourth-order valence-corrected chi connectivity index (χ4v) is 2.70. The molecule has 102 valence electrons.